The van der Waals surface area contributed by atoms with Gasteiger partial charge in [-0.1, -0.05) is 36.8 Å². The van der Waals surface area contributed by atoms with E-state index >= 15 is 0 Å². The number of benzene rings is 2. The molecule has 0 aliphatic rings. The number of anilines is 1. The fourth-order valence-electron chi connectivity index (χ4n) is 2.82. The molecule has 144 valence electrons. The number of hydrogen-bond donors (Lipinski definition) is 3. The van der Waals surface area contributed by atoms with Crippen LogP contribution in [0.15, 0.2) is 36.4 Å². The SMILES string of the molecule is CCC=C(OCC)c1cc(O)c(O)c(N(C)O)c1C(=O)c1ccc(C)cc1. The second-order valence-corrected chi connectivity index (χ2v) is 6.14. The number of ketones is 1. The number of ether oxygens (including phenoxy) is 1. The molecule has 2 aromatic carbocycles. The van der Waals surface area contributed by atoms with E-state index < -0.39 is 17.3 Å². The van der Waals surface area contributed by atoms with Crippen molar-refractivity contribution >= 4 is 17.2 Å². The maximum absolute atomic E-state index is 13.3. The van der Waals surface area contributed by atoms with E-state index in [0.29, 0.717) is 35.0 Å². The van der Waals surface area contributed by atoms with Gasteiger partial charge in [-0.25, -0.2) is 0 Å². The van der Waals surface area contributed by atoms with Crippen LogP contribution in [0, 0.1) is 6.92 Å². The summed E-state index contributed by atoms with van der Waals surface area (Å²) in [4.78, 5) is 13.3. The average molecular weight is 371 g/mol. The molecule has 27 heavy (non-hydrogen) atoms. The maximum Gasteiger partial charge on any atom is 0.196 e. The molecule has 0 fully saturated rings. The zero-order valence-electron chi connectivity index (χ0n) is 16.0. The van der Waals surface area contributed by atoms with Crippen LogP contribution in [-0.4, -0.2) is 34.9 Å². The van der Waals surface area contributed by atoms with Crippen LogP contribution in [0.1, 0.15) is 47.3 Å². The number of aryl methyl sites for hydroxylation is 1. The first-order valence-corrected chi connectivity index (χ1v) is 8.77. The Bertz CT molecular complexity index is 854. The van der Waals surface area contributed by atoms with Crippen LogP contribution in [0.3, 0.4) is 0 Å². The van der Waals surface area contributed by atoms with Crippen molar-refractivity contribution in [2.75, 3.05) is 18.7 Å². The Morgan fingerprint density at radius 3 is 2.33 bits per heavy atom. The molecule has 3 N–H and O–H groups in total. The number of carbonyl (C=O) groups excluding carboxylic acids is 1. The number of aromatic hydroxyl groups is 2. The normalized spacial score (nSPS) is 11.4. The number of phenolic OH excluding ortho intramolecular Hbond substituents is 2. The summed E-state index contributed by atoms with van der Waals surface area (Å²) in [7, 11) is 1.27. The first-order valence-electron chi connectivity index (χ1n) is 8.77. The number of nitrogens with zero attached hydrogens (tertiary/aromatic N) is 1. The number of hydrogen-bond acceptors (Lipinski definition) is 6. The van der Waals surface area contributed by atoms with Crippen LogP contribution in [0.2, 0.25) is 0 Å². The van der Waals surface area contributed by atoms with E-state index in [1.54, 1.807) is 30.3 Å². The first kappa shape index (κ1) is 20.3. The van der Waals surface area contributed by atoms with Gasteiger partial charge < -0.3 is 14.9 Å². The van der Waals surface area contributed by atoms with Gasteiger partial charge in [0.15, 0.2) is 17.3 Å². The summed E-state index contributed by atoms with van der Waals surface area (Å²) in [5.74, 6) is -1.04. The molecular weight excluding hydrogens is 346 g/mol. The largest absolute Gasteiger partial charge is 0.504 e. The van der Waals surface area contributed by atoms with Crippen LogP contribution < -0.4 is 5.06 Å². The Balaban J connectivity index is 2.82. The predicted molar refractivity (Wildman–Crippen MR) is 104 cm³/mol. The number of hydroxylamine groups is 1. The van der Waals surface area contributed by atoms with E-state index in [1.165, 1.54) is 13.1 Å². The van der Waals surface area contributed by atoms with Crippen molar-refractivity contribution in [3.05, 3.63) is 58.7 Å². The molecule has 0 heterocycles. The summed E-state index contributed by atoms with van der Waals surface area (Å²) < 4.78 is 5.66. The molecule has 6 nitrogen and oxygen atoms in total. The summed E-state index contributed by atoms with van der Waals surface area (Å²) in [6.07, 6.45) is 2.42. The predicted octanol–water partition coefficient (Wildman–Crippen LogP) is 4.25. The van der Waals surface area contributed by atoms with E-state index in [2.05, 4.69) is 0 Å². The van der Waals surface area contributed by atoms with E-state index in [0.717, 1.165) is 5.56 Å². The molecule has 6 heteroatoms. The molecule has 0 atom stereocenters. The topological polar surface area (TPSA) is 90.2 Å². The van der Waals surface area contributed by atoms with Crippen molar-refractivity contribution in [3.63, 3.8) is 0 Å². The van der Waals surface area contributed by atoms with Crippen molar-refractivity contribution in [2.24, 2.45) is 0 Å². The fraction of sp³-hybridized carbons (Fsp3) is 0.286. The maximum atomic E-state index is 13.3. The van der Waals surface area contributed by atoms with Gasteiger partial charge in [-0.05, 0) is 32.4 Å². The van der Waals surface area contributed by atoms with Gasteiger partial charge in [-0.15, -0.1) is 0 Å². The van der Waals surface area contributed by atoms with Crippen molar-refractivity contribution < 1.29 is 25.0 Å². The molecule has 0 aliphatic carbocycles. The van der Waals surface area contributed by atoms with Crippen LogP contribution in [0.4, 0.5) is 5.69 Å². The van der Waals surface area contributed by atoms with Crippen LogP contribution >= 0.6 is 0 Å². The third kappa shape index (κ3) is 4.23. The monoisotopic (exact) mass is 371 g/mol. The van der Waals surface area contributed by atoms with Gasteiger partial charge in [0.1, 0.15) is 11.4 Å². The van der Waals surface area contributed by atoms with Gasteiger partial charge >= 0.3 is 0 Å². The Labute approximate surface area is 158 Å². The van der Waals surface area contributed by atoms with Crippen molar-refractivity contribution in [3.8, 4) is 11.5 Å². The molecular formula is C21H25NO5. The quantitative estimate of drug-likeness (QED) is 0.292. The van der Waals surface area contributed by atoms with Crippen LogP contribution in [-0.2, 0) is 4.74 Å². The molecule has 0 bridgehead atoms. The highest BCUT2D eigenvalue weighted by atomic mass is 16.5. The second-order valence-electron chi connectivity index (χ2n) is 6.14. The summed E-state index contributed by atoms with van der Waals surface area (Å²) in [5, 5.41) is 31.1. The molecule has 0 radical (unpaired) electrons. The van der Waals surface area contributed by atoms with E-state index in [-0.39, 0.29) is 11.3 Å². The number of rotatable bonds is 7. The molecule has 2 aromatic rings. The third-order valence-corrected chi connectivity index (χ3v) is 4.07. The van der Waals surface area contributed by atoms with Gasteiger partial charge in [0.2, 0.25) is 0 Å². The lowest BCUT2D eigenvalue weighted by atomic mass is 9.93. The highest BCUT2D eigenvalue weighted by molar-refractivity contribution is 6.16. The zero-order valence-corrected chi connectivity index (χ0v) is 16.0. The highest BCUT2D eigenvalue weighted by Crippen LogP contribution is 2.43. The molecule has 0 aromatic heterocycles. The zero-order chi connectivity index (χ0) is 20.1. The standard InChI is InChI=1S/C21H25NO5/c1-5-7-17(27-6-2)15-12-16(23)21(25)19(22(4)26)18(15)20(24)14-10-8-13(3)9-11-14/h7-12,23,25-26H,5-6H2,1-4H3. The summed E-state index contributed by atoms with van der Waals surface area (Å²) in [6, 6.07) is 8.25. The van der Waals surface area contributed by atoms with Crippen LogP contribution in [0.25, 0.3) is 5.76 Å². The van der Waals surface area contributed by atoms with Gasteiger partial charge in [-0.3, -0.25) is 15.1 Å². The minimum atomic E-state index is -0.577. The van der Waals surface area contributed by atoms with Gasteiger partial charge in [0.25, 0.3) is 0 Å². The van der Waals surface area contributed by atoms with Crippen molar-refractivity contribution in [1.82, 2.24) is 0 Å². The summed E-state index contributed by atoms with van der Waals surface area (Å²) >= 11 is 0. The van der Waals surface area contributed by atoms with E-state index in [1.807, 2.05) is 20.8 Å². The third-order valence-electron chi connectivity index (χ3n) is 4.07. The second kappa shape index (κ2) is 8.60. The number of carbonyl (C=O) groups is 1. The lowest BCUT2D eigenvalue weighted by Crippen LogP contribution is -2.18. The minimum absolute atomic E-state index is 0.0484. The Hall–Kier alpha value is -2.99. The Kier molecular flexibility index (Phi) is 6.47. The van der Waals surface area contributed by atoms with Gasteiger partial charge in [0.05, 0.1) is 12.2 Å². The molecule has 2 rings (SSSR count). The Morgan fingerprint density at radius 2 is 1.81 bits per heavy atom. The molecule has 0 saturated carbocycles. The molecule has 0 aliphatic heterocycles. The minimum Gasteiger partial charge on any atom is -0.504 e. The lowest BCUT2D eigenvalue weighted by molar-refractivity contribution is 0.103. The first-order chi connectivity index (χ1) is 12.8. The number of allylic oxidation sites excluding steroid dienone is 1. The highest BCUT2D eigenvalue weighted by Gasteiger charge is 2.28. The molecule has 0 unspecified atom stereocenters. The van der Waals surface area contributed by atoms with Gasteiger partial charge in [0, 0.05) is 18.2 Å². The smallest absolute Gasteiger partial charge is 0.196 e. The fourth-order valence-corrected chi connectivity index (χ4v) is 2.82. The molecule has 0 amide bonds. The van der Waals surface area contributed by atoms with E-state index in [4.69, 9.17) is 4.74 Å². The number of phenols is 2. The van der Waals surface area contributed by atoms with Gasteiger partial charge in [-0.2, -0.15) is 0 Å². The molecule has 0 saturated heterocycles. The summed E-state index contributed by atoms with van der Waals surface area (Å²) in [5.41, 5.74) is 1.56. The lowest BCUT2D eigenvalue weighted by Gasteiger charge is -2.22. The average Bonchev–Trinajstić information content (AvgIpc) is 2.63. The summed E-state index contributed by atoms with van der Waals surface area (Å²) in [6.45, 7) is 6.00. The van der Waals surface area contributed by atoms with Crippen molar-refractivity contribution in [2.45, 2.75) is 27.2 Å². The van der Waals surface area contributed by atoms with Crippen LogP contribution in [0.5, 0.6) is 11.5 Å². The Morgan fingerprint density at radius 1 is 1.19 bits per heavy atom. The van der Waals surface area contributed by atoms with E-state index in [9.17, 15) is 20.2 Å². The van der Waals surface area contributed by atoms with Crippen molar-refractivity contribution in [1.29, 1.82) is 0 Å². The molecule has 0 spiro atoms.